The molecule has 0 fully saturated rings. The van der Waals surface area contributed by atoms with Gasteiger partial charge in [-0.15, -0.1) is 0 Å². The van der Waals surface area contributed by atoms with E-state index in [0.717, 1.165) is 6.07 Å². The van der Waals surface area contributed by atoms with E-state index >= 15 is 0 Å². The molecule has 0 spiro atoms. The number of carboxylic acid groups (broad SMARTS) is 1. The Labute approximate surface area is 80.9 Å². The van der Waals surface area contributed by atoms with Crippen molar-refractivity contribution in [2.75, 3.05) is 0 Å². The molecule has 0 radical (unpaired) electrons. The SMILES string of the molecule is Cc1oc(SC(F)(F)F)cc1C(=O)O. The Hall–Kier alpha value is -1.11. The van der Waals surface area contributed by atoms with Gasteiger partial charge in [-0.25, -0.2) is 4.79 Å². The Balaban J connectivity index is 2.92. The summed E-state index contributed by atoms with van der Waals surface area (Å²) in [4.78, 5) is 10.5. The van der Waals surface area contributed by atoms with E-state index in [9.17, 15) is 18.0 Å². The van der Waals surface area contributed by atoms with Crippen molar-refractivity contribution >= 4 is 17.7 Å². The highest BCUT2D eigenvalue weighted by Crippen LogP contribution is 2.38. The Morgan fingerprint density at radius 2 is 2.14 bits per heavy atom. The van der Waals surface area contributed by atoms with Gasteiger partial charge < -0.3 is 9.52 Å². The van der Waals surface area contributed by atoms with Gasteiger partial charge in [0.2, 0.25) is 0 Å². The molecule has 0 aromatic carbocycles. The van der Waals surface area contributed by atoms with Gasteiger partial charge in [0.25, 0.3) is 0 Å². The zero-order valence-corrected chi connectivity index (χ0v) is 7.70. The number of thioether (sulfide) groups is 1. The molecule has 0 aliphatic rings. The number of aromatic carboxylic acids is 1. The molecule has 0 saturated carbocycles. The lowest BCUT2D eigenvalue weighted by Crippen LogP contribution is -1.98. The van der Waals surface area contributed by atoms with Crippen molar-refractivity contribution < 1.29 is 27.5 Å². The fraction of sp³-hybridized carbons (Fsp3) is 0.286. The Bertz CT molecular complexity index is 356. The predicted octanol–water partition coefficient (Wildman–Crippen LogP) is 2.90. The highest BCUT2D eigenvalue weighted by atomic mass is 32.2. The summed E-state index contributed by atoms with van der Waals surface area (Å²) >= 11 is -0.477. The summed E-state index contributed by atoms with van der Waals surface area (Å²) < 4.78 is 40.1. The van der Waals surface area contributed by atoms with Gasteiger partial charge in [0.05, 0.1) is 0 Å². The molecule has 1 aromatic heterocycles. The third-order valence-corrected chi connectivity index (χ3v) is 1.98. The second-order valence-corrected chi connectivity index (χ2v) is 3.46. The van der Waals surface area contributed by atoms with Gasteiger partial charge in [-0.1, -0.05) is 0 Å². The number of furan rings is 1. The molecule has 1 rings (SSSR count). The molecule has 0 aliphatic heterocycles. The minimum atomic E-state index is -4.47. The topological polar surface area (TPSA) is 50.4 Å². The fourth-order valence-electron chi connectivity index (χ4n) is 0.831. The van der Waals surface area contributed by atoms with Crippen molar-refractivity contribution in [1.29, 1.82) is 0 Å². The molecular formula is C7H5F3O3S. The number of hydrogen-bond donors (Lipinski definition) is 1. The van der Waals surface area contributed by atoms with Crippen LogP contribution in [0.15, 0.2) is 15.6 Å². The van der Waals surface area contributed by atoms with Gasteiger partial charge in [0.15, 0.2) is 5.09 Å². The van der Waals surface area contributed by atoms with Crippen LogP contribution in [0.1, 0.15) is 16.1 Å². The standard InChI is InChI=1S/C7H5F3O3S/c1-3-4(6(11)12)2-5(13-3)14-7(8,9)10/h2H,1H3,(H,11,12). The van der Waals surface area contributed by atoms with Crippen LogP contribution in [0.3, 0.4) is 0 Å². The zero-order chi connectivity index (χ0) is 10.9. The molecule has 14 heavy (non-hydrogen) atoms. The van der Waals surface area contributed by atoms with E-state index in [1.165, 1.54) is 6.92 Å². The smallest absolute Gasteiger partial charge is 0.449 e. The molecule has 1 aromatic rings. The number of halogens is 3. The number of aryl methyl sites for hydroxylation is 1. The molecule has 0 amide bonds. The minimum Gasteiger partial charge on any atom is -0.478 e. The number of carboxylic acids is 1. The first-order valence-corrected chi connectivity index (χ1v) is 4.21. The fourth-order valence-corrected chi connectivity index (χ4v) is 1.40. The molecule has 0 unspecified atom stereocenters. The molecule has 78 valence electrons. The summed E-state index contributed by atoms with van der Waals surface area (Å²) in [7, 11) is 0. The third-order valence-electron chi connectivity index (χ3n) is 1.34. The molecule has 1 N–H and O–H groups in total. The molecule has 3 nitrogen and oxygen atoms in total. The Morgan fingerprint density at radius 3 is 2.50 bits per heavy atom. The first kappa shape index (κ1) is 11.0. The molecule has 1 heterocycles. The van der Waals surface area contributed by atoms with Crippen LogP contribution >= 0.6 is 11.8 Å². The lowest BCUT2D eigenvalue weighted by Gasteiger charge is -2.00. The van der Waals surface area contributed by atoms with Gasteiger partial charge >= 0.3 is 11.5 Å². The average molecular weight is 226 g/mol. The summed E-state index contributed by atoms with van der Waals surface area (Å²) in [5.41, 5.74) is -4.73. The largest absolute Gasteiger partial charge is 0.478 e. The van der Waals surface area contributed by atoms with Crippen molar-refractivity contribution in [3.05, 3.63) is 17.4 Å². The highest BCUT2D eigenvalue weighted by molar-refractivity contribution is 8.00. The van der Waals surface area contributed by atoms with Gasteiger partial charge in [-0.05, 0) is 6.92 Å². The van der Waals surface area contributed by atoms with Gasteiger partial charge in [0.1, 0.15) is 11.3 Å². The van der Waals surface area contributed by atoms with Crippen molar-refractivity contribution in [2.24, 2.45) is 0 Å². The number of carbonyl (C=O) groups is 1. The monoisotopic (exact) mass is 226 g/mol. The van der Waals surface area contributed by atoms with Crippen molar-refractivity contribution in [2.45, 2.75) is 17.5 Å². The first-order chi connectivity index (χ1) is 6.29. The second kappa shape index (κ2) is 3.56. The summed E-state index contributed by atoms with van der Waals surface area (Å²) in [6, 6.07) is 0.857. The van der Waals surface area contributed by atoms with E-state index in [1.54, 1.807) is 0 Å². The van der Waals surface area contributed by atoms with E-state index in [1.807, 2.05) is 0 Å². The Morgan fingerprint density at radius 1 is 1.57 bits per heavy atom. The summed E-state index contributed by atoms with van der Waals surface area (Å²) in [5.74, 6) is -1.34. The minimum absolute atomic E-state index is 0.0377. The highest BCUT2D eigenvalue weighted by Gasteiger charge is 2.32. The Kier molecular flexibility index (Phi) is 2.79. The van der Waals surface area contributed by atoms with Crippen LogP contribution in [0, 0.1) is 6.92 Å². The van der Waals surface area contributed by atoms with Crippen LogP contribution in [0.2, 0.25) is 0 Å². The van der Waals surface area contributed by atoms with Gasteiger partial charge in [-0.2, -0.15) is 13.2 Å². The normalized spacial score (nSPS) is 11.7. The van der Waals surface area contributed by atoms with Crippen molar-refractivity contribution in [1.82, 2.24) is 0 Å². The molecule has 0 bridgehead atoms. The molecule has 0 saturated heterocycles. The third kappa shape index (κ3) is 2.69. The number of hydrogen-bond acceptors (Lipinski definition) is 3. The molecule has 0 aliphatic carbocycles. The predicted molar refractivity (Wildman–Crippen MR) is 42.3 cm³/mol. The van der Waals surface area contributed by atoms with E-state index < -0.39 is 28.3 Å². The maximum atomic E-state index is 11.8. The number of alkyl halides is 3. The maximum Gasteiger partial charge on any atom is 0.449 e. The van der Waals surface area contributed by atoms with E-state index in [4.69, 9.17) is 5.11 Å². The van der Waals surface area contributed by atoms with Crippen molar-refractivity contribution in [3.8, 4) is 0 Å². The quantitative estimate of drug-likeness (QED) is 0.787. The summed E-state index contributed by atoms with van der Waals surface area (Å²) in [6.07, 6.45) is 0. The van der Waals surface area contributed by atoms with E-state index in [2.05, 4.69) is 4.42 Å². The lowest BCUT2D eigenvalue weighted by molar-refractivity contribution is -0.0335. The first-order valence-electron chi connectivity index (χ1n) is 3.39. The summed E-state index contributed by atoms with van der Waals surface area (Å²) in [6.45, 7) is 1.30. The average Bonchev–Trinajstić information content (AvgIpc) is 2.26. The summed E-state index contributed by atoms with van der Waals surface area (Å²) in [5, 5.41) is 8.06. The zero-order valence-electron chi connectivity index (χ0n) is 6.88. The molecule has 0 atom stereocenters. The van der Waals surface area contributed by atoms with E-state index in [-0.39, 0.29) is 11.3 Å². The van der Waals surface area contributed by atoms with Crippen LogP contribution in [0.5, 0.6) is 0 Å². The van der Waals surface area contributed by atoms with Crippen LogP contribution in [-0.2, 0) is 0 Å². The van der Waals surface area contributed by atoms with Crippen LogP contribution in [-0.4, -0.2) is 16.6 Å². The van der Waals surface area contributed by atoms with Gasteiger partial charge in [0, 0.05) is 17.8 Å². The van der Waals surface area contributed by atoms with Gasteiger partial charge in [-0.3, -0.25) is 0 Å². The molecule has 7 heteroatoms. The maximum absolute atomic E-state index is 11.8. The van der Waals surface area contributed by atoms with Crippen molar-refractivity contribution in [3.63, 3.8) is 0 Å². The van der Waals surface area contributed by atoms with E-state index in [0.29, 0.717) is 0 Å². The van der Waals surface area contributed by atoms with Crippen LogP contribution in [0.4, 0.5) is 13.2 Å². The lowest BCUT2D eigenvalue weighted by atomic mass is 10.3. The van der Waals surface area contributed by atoms with Crippen LogP contribution in [0.25, 0.3) is 0 Å². The molecular weight excluding hydrogens is 221 g/mol. The number of rotatable bonds is 2. The van der Waals surface area contributed by atoms with Crippen LogP contribution < -0.4 is 0 Å². The second-order valence-electron chi connectivity index (χ2n) is 2.39.